The van der Waals surface area contributed by atoms with E-state index in [1.165, 1.54) is 11.8 Å². The van der Waals surface area contributed by atoms with Gasteiger partial charge >= 0.3 is 0 Å². The SMILES string of the molecule is CCS(=O)CCNc1cc(Cl)nc(SC)n1. The molecule has 0 bridgehead atoms. The lowest BCUT2D eigenvalue weighted by Crippen LogP contribution is -2.13. The Morgan fingerprint density at radius 1 is 1.56 bits per heavy atom. The number of aromatic nitrogens is 2. The van der Waals surface area contributed by atoms with Crippen LogP contribution in [0, 0.1) is 0 Å². The normalized spacial score (nSPS) is 12.4. The van der Waals surface area contributed by atoms with Crippen LogP contribution >= 0.6 is 23.4 Å². The van der Waals surface area contributed by atoms with Crippen LogP contribution in [0.3, 0.4) is 0 Å². The van der Waals surface area contributed by atoms with Crippen LogP contribution < -0.4 is 5.32 Å². The highest BCUT2D eigenvalue weighted by atomic mass is 35.5. The quantitative estimate of drug-likeness (QED) is 0.491. The first-order chi connectivity index (χ1) is 7.65. The first-order valence-corrected chi connectivity index (χ1v) is 7.92. The Balaban J connectivity index is 2.53. The number of hydrogen-bond acceptors (Lipinski definition) is 5. The largest absolute Gasteiger partial charge is 0.369 e. The third-order valence-corrected chi connectivity index (χ3v) is 3.86. The van der Waals surface area contributed by atoms with Gasteiger partial charge in [0.15, 0.2) is 5.16 Å². The molecule has 1 heterocycles. The second kappa shape index (κ2) is 7.09. The maximum absolute atomic E-state index is 11.2. The number of rotatable bonds is 6. The highest BCUT2D eigenvalue weighted by Crippen LogP contribution is 2.16. The number of nitrogens with zero attached hydrogens (tertiary/aromatic N) is 2. The Labute approximate surface area is 107 Å². The van der Waals surface area contributed by atoms with Crippen LogP contribution in [-0.4, -0.2) is 38.5 Å². The molecule has 0 aliphatic carbocycles. The Morgan fingerprint density at radius 3 is 2.94 bits per heavy atom. The minimum Gasteiger partial charge on any atom is -0.369 e. The van der Waals surface area contributed by atoms with Gasteiger partial charge in [-0.2, -0.15) is 0 Å². The van der Waals surface area contributed by atoms with Crippen molar-refractivity contribution in [2.45, 2.75) is 12.1 Å². The zero-order valence-corrected chi connectivity index (χ0v) is 11.6. The van der Waals surface area contributed by atoms with E-state index < -0.39 is 10.8 Å². The molecule has 0 saturated heterocycles. The van der Waals surface area contributed by atoms with Crippen molar-refractivity contribution in [3.05, 3.63) is 11.2 Å². The van der Waals surface area contributed by atoms with E-state index in [9.17, 15) is 4.21 Å². The molecule has 0 amide bonds. The fourth-order valence-corrected chi connectivity index (χ4v) is 2.25. The topological polar surface area (TPSA) is 54.9 Å². The lowest BCUT2D eigenvalue weighted by Gasteiger charge is -2.06. The molecule has 1 rings (SSSR count). The average molecular weight is 280 g/mol. The zero-order chi connectivity index (χ0) is 12.0. The molecule has 1 N–H and O–H groups in total. The van der Waals surface area contributed by atoms with Gasteiger partial charge in [-0.3, -0.25) is 4.21 Å². The van der Waals surface area contributed by atoms with Crippen molar-refractivity contribution in [3.63, 3.8) is 0 Å². The zero-order valence-electron chi connectivity index (χ0n) is 9.20. The van der Waals surface area contributed by atoms with E-state index in [-0.39, 0.29) is 0 Å². The highest BCUT2D eigenvalue weighted by molar-refractivity contribution is 7.98. The van der Waals surface area contributed by atoms with Crippen LogP contribution in [0.15, 0.2) is 11.2 Å². The van der Waals surface area contributed by atoms with E-state index in [4.69, 9.17) is 11.6 Å². The molecule has 7 heteroatoms. The van der Waals surface area contributed by atoms with Gasteiger partial charge in [-0.1, -0.05) is 30.3 Å². The molecule has 0 fully saturated rings. The molecule has 1 aromatic rings. The molecule has 0 aromatic carbocycles. The summed E-state index contributed by atoms with van der Waals surface area (Å²) in [6, 6.07) is 1.66. The van der Waals surface area contributed by atoms with Crippen molar-refractivity contribution in [1.29, 1.82) is 0 Å². The van der Waals surface area contributed by atoms with E-state index in [1.807, 2.05) is 13.2 Å². The lowest BCUT2D eigenvalue weighted by atomic mass is 10.5. The van der Waals surface area contributed by atoms with Gasteiger partial charge in [-0.25, -0.2) is 9.97 Å². The third-order valence-electron chi connectivity index (χ3n) is 1.81. The van der Waals surface area contributed by atoms with Crippen LogP contribution in [0.2, 0.25) is 5.15 Å². The van der Waals surface area contributed by atoms with Crippen LogP contribution in [0.5, 0.6) is 0 Å². The fourth-order valence-electron chi connectivity index (χ4n) is 1.02. The maximum atomic E-state index is 11.2. The van der Waals surface area contributed by atoms with Gasteiger partial charge in [-0.15, -0.1) is 0 Å². The Kier molecular flexibility index (Phi) is 6.08. The second-order valence-electron chi connectivity index (χ2n) is 2.92. The summed E-state index contributed by atoms with van der Waals surface area (Å²) in [5.41, 5.74) is 0. The van der Waals surface area contributed by atoms with E-state index in [0.717, 1.165) is 0 Å². The smallest absolute Gasteiger partial charge is 0.190 e. The molecule has 0 saturated carbocycles. The molecule has 4 nitrogen and oxygen atoms in total. The van der Waals surface area contributed by atoms with Crippen molar-refractivity contribution in [1.82, 2.24) is 9.97 Å². The molecule has 0 aliphatic heterocycles. The Hall–Kier alpha value is -0.330. The van der Waals surface area contributed by atoms with Crippen LogP contribution in [0.4, 0.5) is 5.82 Å². The number of halogens is 1. The van der Waals surface area contributed by atoms with E-state index >= 15 is 0 Å². The van der Waals surface area contributed by atoms with Crippen molar-refractivity contribution in [3.8, 4) is 0 Å². The minimum absolute atomic E-state index is 0.415. The molecule has 16 heavy (non-hydrogen) atoms. The molecule has 1 atom stereocenters. The summed E-state index contributed by atoms with van der Waals surface area (Å²) in [7, 11) is -0.757. The number of hydrogen-bond donors (Lipinski definition) is 1. The van der Waals surface area contributed by atoms with Gasteiger partial charge in [-0.05, 0) is 6.26 Å². The molecule has 0 radical (unpaired) electrons. The van der Waals surface area contributed by atoms with Crippen molar-refractivity contribution < 1.29 is 4.21 Å². The lowest BCUT2D eigenvalue weighted by molar-refractivity contribution is 0.684. The van der Waals surface area contributed by atoms with Crippen LogP contribution in [0.1, 0.15) is 6.92 Å². The van der Waals surface area contributed by atoms with Crippen LogP contribution in [-0.2, 0) is 10.8 Å². The molecule has 0 spiro atoms. The van der Waals surface area contributed by atoms with Crippen molar-refractivity contribution >= 4 is 40.0 Å². The minimum atomic E-state index is -0.757. The monoisotopic (exact) mass is 279 g/mol. The van der Waals surface area contributed by atoms with Crippen molar-refractivity contribution in [2.24, 2.45) is 0 Å². The van der Waals surface area contributed by atoms with Gasteiger partial charge in [0.2, 0.25) is 0 Å². The Morgan fingerprint density at radius 2 is 2.31 bits per heavy atom. The van der Waals surface area contributed by atoms with Gasteiger partial charge in [0.25, 0.3) is 0 Å². The molecular weight excluding hydrogens is 266 g/mol. The van der Waals surface area contributed by atoms with Gasteiger partial charge in [0.05, 0.1) is 0 Å². The van der Waals surface area contributed by atoms with Crippen molar-refractivity contribution in [2.75, 3.05) is 29.6 Å². The van der Waals surface area contributed by atoms with E-state index in [2.05, 4.69) is 15.3 Å². The standard InChI is InChI=1S/C9H14ClN3OS2/c1-3-16(14)5-4-11-8-6-7(10)12-9(13-8)15-2/h6H,3-5H2,1-2H3,(H,11,12,13). The molecule has 0 aliphatic rings. The molecule has 1 unspecified atom stereocenters. The summed E-state index contributed by atoms with van der Waals surface area (Å²) in [5.74, 6) is 1.98. The summed E-state index contributed by atoms with van der Waals surface area (Å²) in [6.45, 7) is 2.53. The average Bonchev–Trinajstić information content (AvgIpc) is 2.28. The van der Waals surface area contributed by atoms with Crippen LogP contribution in [0.25, 0.3) is 0 Å². The summed E-state index contributed by atoms with van der Waals surface area (Å²) >= 11 is 7.27. The summed E-state index contributed by atoms with van der Waals surface area (Å²) < 4.78 is 11.2. The first kappa shape index (κ1) is 13.7. The van der Waals surface area contributed by atoms with Gasteiger partial charge in [0.1, 0.15) is 11.0 Å². The highest BCUT2D eigenvalue weighted by Gasteiger charge is 2.02. The predicted octanol–water partition coefficient (Wildman–Crippen LogP) is 2.03. The fraction of sp³-hybridized carbons (Fsp3) is 0.556. The first-order valence-electron chi connectivity index (χ1n) is 4.83. The summed E-state index contributed by atoms with van der Waals surface area (Å²) in [6.07, 6.45) is 1.89. The predicted molar refractivity (Wildman–Crippen MR) is 70.9 cm³/mol. The molecular formula is C9H14ClN3OS2. The van der Waals surface area contributed by atoms with E-state index in [0.29, 0.717) is 34.2 Å². The molecule has 1 aromatic heterocycles. The Bertz CT molecular complexity index is 376. The summed E-state index contributed by atoms with van der Waals surface area (Å²) in [5, 5.41) is 4.13. The van der Waals surface area contributed by atoms with Gasteiger partial charge < -0.3 is 5.32 Å². The maximum Gasteiger partial charge on any atom is 0.190 e. The number of nitrogens with one attached hydrogen (secondary N) is 1. The summed E-state index contributed by atoms with van der Waals surface area (Å²) in [4.78, 5) is 8.26. The third kappa shape index (κ3) is 4.67. The van der Waals surface area contributed by atoms with Gasteiger partial charge in [0, 0.05) is 34.9 Å². The molecule has 90 valence electrons. The van der Waals surface area contributed by atoms with E-state index in [1.54, 1.807) is 6.07 Å². The number of anilines is 1. The second-order valence-corrected chi connectivity index (χ2v) is 5.95. The number of thioether (sulfide) groups is 1.